The van der Waals surface area contributed by atoms with Crippen LogP contribution in [0.4, 0.5) is 0 Å². The van der Waals surface area contributed by atoms with E-state index in [0.29, 0.717) is 0 Å². The number of unbranched alkanes of at least 4 members (excludes halogenated alkanes) is 9. The van der Waals surface area contributed by atoms with Crippen molar-refractivity contribution in [3.63, 3.8) is 0 Å². The summed E-state index contributed by atoms with van der Waals surface area (Å²) in [4.78, 5) is 7.54. The smallest absolute Gasteiger partial charge is 0.194 e. The number of hydrogen-bond donors (Lipinski definition) is 0. The van der Waals surface area contributed by atoms with E-state index in [1.807, 2.05) is 11.3 Å². The molecule has 37 heavy (non-hydrogen) atoms. The number of rotatable bonds is 17. The Morgan fingerprint density at radius 2 is 1.32 bits per heavy atom. The molecule has 4 rings (SSSR count). The Bertz CT molecular complexity index is 975. The number of thiazole rings is 1. The van der Waals surface area contributed by atoms with E-state index in [1.165, 1.54) is 138 Å². The van der Waals surface area contributed by atoms with E-state index in [2.05, 4.69) is 54.9 Å². The number of benzene rings is 1. The van der Waals surface area contributed by atoms with Crippen LogP contribution in [0.1, 0.15) is 133 Å². The fourth-order valence-corrected chi connectivity index (χ4v) is 7.24. The number of nitrogens with zero attached hydrogens (tertiary/aromatic N) is 2. The van der Waals surface area contributed by atoms with Crippen molar-refractivity contribution in [2.45, 2.75) is 136 Å². The van der Waals surface area contributed by atoms with Crippen molar-refractivity contribution < 1.29 is 0 Å². The van der Waals surface area contributed by atoms with Gasteiger partial charge in [0.2, 0.25) is 0 Å². The van der Waals surface area contributed by atoms with E-state index >= 15 is 0 Å². The standard InChI is InChI=1S/C34H52N2S/c1-3-5-7-9-11-12-14-28-16-18-29(19-17-28)20-21-30-22-24-31(25-23-30)33-27-36-26-32(37-34(36)35-33)15-13-10-8-6-4-2/h22-29H,3-21H2,1-2H3. The van der Waals surface area contributed by atoms with Crippen LogP contribution in [-0.4, -0.2) is 9.38 Å². The number of hydrogen-bond acceptors (Lipinski definition) is 2. The lowest BCUT2D eigenvalue weighted by molar-refractivity contribution is 0.248. The summed E-state index contributed by atoms with van der Waals surface area (Å²) in [5, 5.41) is 0. The van der Waals surface area contributed by atoms with Crippen LogP contribution in [-0.2, 0) is 12.8 Å². The van der Waals surface area contributed by atoms with Gasteiger partial charge < -0.3 is 0 Å². The number of fused-ring (bicyclic) bond motifs is 1. The molecule has 0 amide bonds. The van der Waals surface area contributed by atoms with Crippen LogP contribution < -0.4 is 0 Å². The molecule has 1 saturated carbocycles. The summed E-state index contributed by atoms with van der Waals surface area (Å²) in [6.07, 6.45) is 31.0. The first-order chi connectivity index (χ1) is 18.2. The van der Waals surface area contributed by atoms with Crippen LogP contribution in [0, 0.1) is 11.8 Å². The molecule has 0 saturated heterocycles. The fourth-order valence-electron chi connectivity index (χ4n) is 6.24. The Morgan fingerprint density at radius 3 is 2.00 bits per heavy atom. The maximum atomic E-state index is 4.94. The Hall–Kier alpha value is -1.61. The Morgan fingerprint density at radius 1 is 0.703 bits per heavy atom. The van der Waals surface area contributed by atoms with Crippen molar-refractivity contribution in [3.8, 4) is 11.3 Å². The molecule has 1 aliphatic rings. The van der Waals surface area contributed by atoms with E-state index < -0.39 is 0 Å². The normalized spacial score (nSPS) is 18.1. The third-order valence-corrected chi connectivity index (χ3v) is 9.81. The average Bonchev–Trinajstić information content (AvgIpc) is 3.49. The van der Waals surface area contributed by atoms with Gasteiger partial charge in [-0.15, -0.1) is 11.3 Å². The first kappa shape index (κ1) is 28.4. The maximum Gasteiger partial charge on any atom is 0.194 e. The van der Waals surface area contributed by atoms with Crippen molar-refractivity contribution in [3.05, 3.63) is 47.1 Å². The van der Waals surface area contributed by atoms with Crippen LogP contribution in [0.15, 0.2) is 36.7 Å². The van der Waals surface area contributed by atoms with Gasteiger partial charge in [0.15, 0.2) is 4.96 Å². The van der Waals surface area contributed by atoms with Gasteiger partial charge in [-0.1, -0.05) is 134 Å². The molecule has 2 heterocycles. The van der Waals surface area contributed by atoms with Crippen LogP contribution >= 0.6 is 11.3 Å². The molecular weight excluding hydrogens is 468 g/mol. The minimum absolute atomic E-state index is 0.946. The lowest BCUT2D eigenvalue weighted by atomic mass is 9.77. The van der Waals surface area contributed by atoms with Crippen LogP contribution in [0.25, 0.3) is 16.2 Å². The molecule has 2 aromatic heterocycles. The number of aromatic nitrogens is 2. The summed E-state index contributed by atoms with van der Waals surface area (Å²) >= 11 is 1.86. The van der Waals surface area contributed by atoms with Gasteiger partial charge in [0.25, 0.3) is 0 Å². The number of imidazole rings is 1. The second-order valence-corrected chi connectivity index (χ2v) is 13.0. The molecule has 1 aromatic carbocycles. The summed E-state index contributed by atoms with van der Waals surface area (Å²) in [5.41, 5.74) is 3.84. The zero-order chi connectivity index (χ0) is 25.7. The van der Waals surface area contributed by atoms with E-state index in [-0.39, 0.29) is 0 Å². The van der Waals surface area contributed by atoms with Gasteiger partial charge >= 0.3 is 0 Å². The zero-order valence-corrected chi connectivity index (χ0v) is 24.7. The number of aryl methyl sites for hydroxylation is 2. The predicted molar refractivity (Wildman–Crippen MR) is 163 cm³/mol. The Labute approximate surface area is 231 Å². The molecular formula is C34H52N2S. The molecule has 2 nitrogen and oxygen atoms in total. The zero-order valence-electron chi connectivity index (χ0n) is 23.9. The summed E-state index contributed by atoms with van der Waals surface area (Å²) in [6.45, 7) is 4.59. The third kappa shape index (κ3) is 9.27. The van der Waals surface area contributed by atoms with Crippen molar-refractivity contribution in [2.75, 3.05) is 0 Å². The van der Waals surface area contributed by atoms with E-state index in [0.717, 1.165) is 22.5 Å². The summed E-state index contributed by atoms with van der Waals surface area (Å²) in [5.74, 6) is 1.97. The van der Waals surface area contributed by atoms with E-state index in [4.69, 9.17) is 4.98 Å². The van der Waals surface area contributed by atoms with Crippen LogP contribution in [0.3, 0.4) is 0 Å². The minimum atomic E-state index is 0.946. The first-order valence-corrected chi connectivity index (χ1v) is 16.6. The molecule has 0 radical (unpaired) electrons. The van der Waals surface area contributed by atoms with Gasteiger partial charge in [-0.2, -0.15) is 0 Å². The van der Waals surface area contributed by atoms with Gasteiger partial charge in [0.1, 0.15) is 0 Å². The highest BCUT2D eigenvalue weighted by atomic mass is 32.1. The first-order valence-electron chi connectivity index (χ1n) is 15.8. The average molecular weight is 521 g/mol. The fraction of sp³-hybridized carbons (Fsp3) is 0.676. The second kappa shape index (κ2) is 15.7. The molecule has 3 aromatic rings. The molecule has 204 valence electrons. The molecule has 3 heteroatoms. The van der Waals surface area contributed by atoms with Crippen molar-refractivity contribution in [2.24, 2.45) is 11.8 Å². The van der Waals surface area contributed by atoms with Gasteiger partial charge in [-0.05, 0) is 43.1 Å². The van der Waals surface area contributed by atoms with Gasteiger partial charge in [0.05, 0.1) is 5.69 Å². The molecule has 0 atom stereocenters. The topological polar surface area (TPSA) is 17.3 Å². The molecule has 0 bridgehead atoms. The van der Waals surface area contributed by atoms with Crippen molar-refractivity contribution in [1.82, 2.24) is 9.38 Å². The summed E-state index contributed by atoms with van der Waals surface area (Å²) in [7, 11) is 0. The molecule has 0 unspecified atom stereocenters. The molecule has 1 aliphatic carbocycles. The van der Waals surface area contributed by atoms with Gasteiger partial charge in [0, 0.05) is 22.8 Å². The van der Waals surface area contributed by atoms with Crippen molar-refractivity contribution >= 4 is 16.3 Å². The summed E-state index contributed by atoms with van der Waals surface area (Å²) in [6, 6.07) is 9.25. The minimum Gasteiger partial charge on any atom is -0.297 e. The highest BCUT2D eigenvalue weighted by molar-refractivity contribution is 7.17. The molecule has 0 N–H and O–H groups in total. The SMILES string of the molecule is CCCCCCCCC1CCC(CCc2ccc(-c3cn4cc(CCCCCCC)sc4n3)cc2)CC1. The molecule has 1 fully saturated rings. The maximum absolute atomic E-state index is 4.94. The molecule has 0 aliphatic heterocycles. The van der Waals surface area contributed by atoms with Gasteiger partial charge in [-0.3, -0.25) is 4.40 Å². The quantitative estimate of drug-likeness (QED) is 0.162. The second-order valence-electron chi connectivity index (χ2n) is 11.9. The lowest BCUT2D eigenvalue weighted by Gasteiger charge is -2.28. The van der Waals surface area contributed by atoms with E-state index in [1.54, 1.807) is 0 Å². The van der Waals surface area contributed by atoms with E-state index in [9.17, 15) is 0 Å². The van der Waals surface area contributed by atoms with Crippen molar-refractivity contribution in [1.29, 1.82) is 0 Å². The largest absolute Gasteiger partial charge is 0.297 e. The van der Waals surface area contributed by atoms with Crippen LogP contribution in [0.5, 0.6) is 0 Å². The monoisotopic (exact) mass is 520 g/mol. The predicted octanol–water partition coefficient (Wildman–Crippen LogP) is 11.1. The Balaban J connectivity index is 1.15. The summed E-state index contributed by atoms with van der Waals surface area (Å²) < 4.78 is 2.23. The van der Waals surface area contributed by atoms with Gasteiger partial charge in [-0.25, -0.2) is 4.98 Å². The highest BCUT2D eigenvalue weighted by Gasteiger charge is 2.20. The highest BCUT2D eigenvalue weighted by Crippen LogP contribution is 2.34. The third-order valence-electron chi connectivity index (χ3n) is 8.75. The molecule has 0 spiro atoms. The Kier molecular flexibility index (Phi) is 12.1. The lowest BCUT2D eigenvalue weighted by Crippen LogP contribution is -2.15. The van der Waals surface area contributed by atoms with Crippen LogP contribution in [0.2, 0.25) is 0 Å².